The molecule has 0 spiro atoms. The van der Waals surface area contributed by atoms with Crippen LogP contribution in [0.25, 0.3) is 10.8 Å². The van der Waals surface area contributed by atoms with E-state index in [1.54, 1.807) is 18.2 Å². The molecule has 0 aliphatic rings. The summed E-state index contributed by atoms with van der Waals surface area (Å²) >= 11 is 13.1. The maximum Gasteiger partial charge on any atom is 0.277 e. The second-order valence-electron chi connectivity index (χ2n) is 6.19. The third-order valence-corrected chi connectivity index (χ3v) is 5.43. The molecule has 0 atom stereocenters. The van der Waals surface area contributed by atoms with Gasteiger partial charge in [0.05, 0.1) is 10.8 Å². The monoisotopic (exact) mass is 459 g/mol. The van der Waals surface area contributed by atoms with Crippen molar-refractivity contribution in [3.63, 3.8) is 0 Å². The number of hydrogen-bond donors (Lipinski definition) is 1. The molecule has 1 aromatic heterocycles. The van der Waals surface area contributed by atoms with E-state index in [4.69, 9.17) is 32.4 Å². The third-order valence-electron chi connectivity index (χ3n) is 4.08. The molecular formula is C21H15Cl2N3O3S. The number of hydrogen-bond acceptors (Lipinski definition) is 6. The van der Waals surface area contributed by atoms with Crippen molar-refractivity contribution < 1.29 is 13.9 Å². The molecule has 0 radical (unpaired) electrons. The van der Waals surface area contributed by atoms with Crippen LogP contribution in [-0.2, 0) is 11.4 Å². The minimum atomic E-state index is -0.166. The Morgan fingerprint density at radius 3 is 2.77 bits per heavy atom. The van der Waals surface area contributed by atoms with E-state index in [2.05, 4.69) is 15.5 Å². The summed E-state index contributed by atoms with van der Waals surface area (Å²) in [6.45, 7) is 0.0527. The zero-order valence-electron chi connectivity index (χ0n) is 15.5. The molecule has 4 rings (SSSR count). The smallest absolute Gasteiger partial charge is 0.277 e. The number of nitrogens with zero attached hydrogens (tertiary/aromatic N) is 2. The van der Waals surface area contributed by atoms with Gasteiger partial charge in [-0.3, -0.25) is 4.79 Å². The molecule has 0 aliphatic heterocycles. The van der Waals surface area contributed by atoms with Crippen LogP contribution in [0.1, 0.15) is 5.89 Å². The number of rotatable bonds is 7. The highest BCUT2D eigenvalue weighted by Gasteiger charge is 2.12. The first-order valence-electron chi connectivity index (χ1n) is 8.89. The maximum atomic E-state index is 12.3. The molecule has 0 aliphatic carbocycles. The molecule has 0 bridgehead atoms. The van der Waals surface area contributed by atoms with Crippen molar-refractivity contribution in [2.45, 2.75) is 11.8 Å². The van der Waals surface area contributed by atoms with Crippen LogP contribution >= 0.6 is 35.0 Å². The molecule has 4 aromatic rings. The number of nitrogens with one attached hydrogen (secondary N) is 1. The lowest BCUT2D eigenvalue weighted by Crippen LogP contribution is -2.14. The Labute approximate surface area is 186 Å². The average molecular weight is 460 g/mol. The summed E-state index contributed by atoms with van der Waals surface area (Å²) in [5.74, 6) is 0.704. The number of ether oxygens (including phenoxy) is 1. The van der Waals surface area contributed by atoms with Crippen molar-refractivity contribution in [2.75, 3.05) is 11.1 Å². The van der Waals surface area contributed by atoms with Gasteiger partial charge in [-0.15, -0.1) is 10.2 Å². The van der Waals surface area contributed by atoms with Crippen molar-refractivity contribution >= 4 is 57.3 Å². The number of thioether (sulfide) groups is 1. The number of carbonyl (C=O) groups is 1. The molecular weight excluding hydrogens is 445 g/mol. The Morgan fingerprint density at radius 1 is 1.07 bits per heavy atom. The number of carbonyl (C=O) groups excluding carboxylic acids is 1. The van der Waals surface area contributed by atoms with E-state index in [0.717, 1.165) is 28.2 Å². The van der Waals surface area contributed by atoms with Gasteiger partial charge in [-0.1, -0.05) is 71.4 Å². The second-order valence-corrected chi connectivity index (χ2v) is 7.96. The fourth-order valence-corrected chi connectivity index (χ4v) is 3.78. The van der Waals surface area contributed by atoms with Gasteiger partial charge >= 0.3 is 0 Å². The Bertz CT molecular complexity index is 1190. The Morgan fingerprint density at radius 2 is 1.90 bits per heavy atom. The molecule has 1 N–H and O–H groups in total. The van der Waals surface area contributed by atoms with Gasteiger partial charge in [0, 0.05) is 16.1 Å². The van der Waals surface area contributed by atoms with E-state index in [9.17, 15) is 4.79 Å². The first-order chi connectivity index (χ1) is 14.6. The van der Waals surface area contributed by atoms with Crippen LogP contribution in [0, 0.1) is 0 Å². The molecule has 3 aromatic carbocycles. The topological polar surface area (TPSA) is 77.2 Å². The van der Waals surface area contributed by atoms with Gasteiger partial charge in [0.2, 0.25) is 5.91 Å². The van der Waals surface area contributed by atoms with Crippen molar-refractivity contribution in [3.05, 3.63) is 76.6 Å². The van der Waals surface area contributed by atoms with Crippen LogP contribution in [0.4, 0.5) is 5.69 Å². The lowest BCUT2D eigenvalue weighted by atomic mass is 10.1. The molecule has 9 heteroatoms. The largest absolute Gasteiger partial charge is 0.482 e. The van der Waals surface area contributed by atoms with Crippen LogP contribution in [0.5, 0.6) is 5.75 Å². The minimum absolute atomic E-state index is 0.0527. The van der Waals surface area contributed by atoms with Gasteiger partial charge in [0.15, 0.2) is 6.61 Å². The van der Waals surface area contributed by atoms with Gasteiger partial charge < -0.3 is 14.5 Å². The third kappa shape index (κ3) is 5.05. The molecule has 152 valence electrons. The maximum absolute atomic E-state index is 12.3. The summed E-state index contributed by atoms with van der Waals surface area (Å²) in [5, 5.41) is 14.0. The summed E-state index contributed by atoms with van der Waals surface area (Å²) in [4.78, 5) is 12.3. The second kappa shape index (κ2) is 9.38. The van der Waals surface area contributed by atoms with Gasteiger partial charge in [-0.2, -0.15) is 0 Å². The molecule has 0 fully saturated rings. The van der Waals surface area contributed by atoms with Crippen LogP contribution in [0.15, 0.2) is 70.3 Å². The first kappa shape index (κ1) is 20.5. The van der Waals surface area contributed by atoms with Crippen molar-refractivity contribution in [1.82, 2.24) is 10.2 Å². The summed E-state index contributed by atoms with van der Waals surface area (Å²) in [6, 6.07) is 18.6. The Kier molecular flexibility index (Phi) is 6.42. The minimum Gasteiger partial charge on any atom is -0.482 e. The van der Waals surface area contributed by atoms with E-state index < -0.39 is 0 Å². The highest BCUT2D eigenvalue weighted by Crippen LogP contribution is 2.28. The first-order valence-corrected chi connectivity index (χ1v) is 10.6. The number of aromatic nitrogens is 2. The van der Waals surface area contributed by atoms with Crippen molar-refractivity contribution in [1.29, 1.82) is 0 Å². The van der Waals surface area contributed by atoms with E-state index >= 15 is 0 Å². The average Bonchev–Trinajstić information content (AvgIpc) is 3.20. The van der Waals surface area contributed by atoms with Gasteiger partial charge in [-0.25, -0.2) is 0 Å². The number of halogens is 2. The van der Waals surface area contributed by atoms with Crippen LogP contribution < -0.4 is 10.1 Å². The zero-order chi connectivity index (χ0) is 20.9. The van der Waals surface area contributed by atoms with Crippen LogP contribution in [-0.4, -0.2) is 21.9 Å². The molecule has 0 saturated carbocycles. The molecule has 30 heavy (non-hydrogen) atoms. The summed E-state index contributed by atoms with van der Waals surface area (Å²) in [6.07, 6.45) is 0. The van der Waals surface area contributed by atoms with Crippen molar-refractivity contribution in [2.24, 2.45) is 0 Å². The summed E-state index contributed by atoms with van der Waals surface area (Å²) < 4.78 is 11.1. The Balaban J connectivity index is 1.31. The predicted octanol–water partition coefficient (Wildman–Crippen LogP) is 5.84. The van der Waals surface area contributed by atoms with Gasteiger partial charge in [0.25, 0.3) is 11.1 Å². The lowest BCUT2D eigenvalue weighted by molar-refractivity contribution is -0.113. The standard InChI is InChI=1S/C21H15Cl2N3O3S/c22-14-8-9-18(16(23)10-14)28-11-20-25-26-21(29-20)30-12-19(27)24-17-7-3-5-13-4-1-2-6-15(13)17/h1-10H,11-12H2,(H,24,27). The molecule has 6 nitrogen and oxygen atoms in total. The fraction of sp³-hybridized carbons (Fsp3) is 0.0952. The van der Waals surface area contributed by atoms with E-state index in [1.807, 2.05) is 42.5 Å². The predicted molar refractivity (Wildman–Crippen MR) is 118 cm³/mol. The summed E-state index contributed by atoms with van der Waals surface area (Å²) in [5.41, 5.74) is 0.762. The highest BCUT2D eigenvalue weighted by molar-refractivity contribution is 7.99. The number of benzene rings is 3. The van der Waals surface area contributed by atoms with E-state index in [1.165, 1.54) is 0 Å². The molecule has 1 amide bonds. The zero-order valence-corrected chi connectivity index (χ0v) is 17.8. The van der Waals surface area contributed by atoms with Crippen LogP contribution in [0.3, 0.4) is 0 Å². The normalized spacial score (nSPS) is 10.9. The molecule has 0 unspecified atom stereocenters. The molecule has 0 saturated heterocycles. The van der Waals surface area contributed by atoms with Gasteiger partial charge in [0.1, 0.15) is 5.75 Å². The van der Waals surface area contributed by atoms with Gasteiger partial charge in [-0.05, 0) is 29.7 Å². The lowest BCUT2D eigenvalue weighted by Gasteiger charge is -2.08. The highest BCUT2D eigenvalue weighted by atomic mass is 35.5. The van der Waals surface area contributed by atoms with E-state index in [0.29, 0.717) is 15.8 Å². The summed E-state index contributed by atoms with van der Waals surface area (Å²) in [7, 11) is 0. The fourth-order valence-electron chi connectivity index (χ4n) is 2.73. The number of anilines is 1. The van der Waals surface area contributed by atoms with Crippen LogP contribution in [0.2, 0.25) is 10.0 Å². The molecule has 1 heterocycles. The Hall–Kier alpha value is -2.74. The number of amides is 1. The number of fused-ring (bicyclic) bond motifs is 1. The van der Waals surface area contributed by atoms with Crippen molar-refractivity contribution in [3.8, 4) is 5.75 Å². The SMILES string of the molecule is O=C(CSc1nnc(COc2ccc(Cl)cc2Cl)o1)Nc1cccc2ccccc12. The quantitative estimate of drug-likeness (QED) is 0.349. The van der Waals surface area contributed by atoms with E-state index in [-0.39, 0.29) is 29.4 Å².